The number of esters is 2. The Morgan fingerprint density at radius 3 is 2.69 bits per heavy atom. The topological polar surface area (TPSA) is 68.3 Å². The molecular weight excluding hydrogens is 408 g/mol. The Balaban J connectivity index is 1.68. The van der Waals surface area contributed by atoms with Crippen LogP contribution < -0.4 is 9.64 Å². The maximum absolute atomic E-state index is 13.8. The van der Waals surface area contributed by atoms with Gasteiger partial charge in [0.25, 0.3) is 0 Å². The molecule has 1 spiro atoms. The second-order valence-electron chi connectivity index (χ2n) is 10.0. The van der Waals surface area contributed by atoms with Crippen molar-refractivity contribution in [1.29, 1.82) is 0 Å². The van der Waals surface area contributed by atoms with E-state index in [-0.39, 0.29) is 36.0 Å². The molecule has 0 N–H and O–H groups in total. The summed E-state index contributed by atoms with van der Waals surface area (Å²) in [5.74, 6) is 0.184. The summed E-state index contributed by atoms with van der Waals surface area (Å²) >= 11 is 0. The van der Waals surface area contributed by atoms with Crippen LogP contribution in [0.25, 0.3) is 0 Å². The van der Waals surface area contributed by atoms with Crippen LogP contribution in [-0.4, -0.2) is 68.9 Å². The summed E-state index contributed by atoms with van der Waals surface area (Å²) in [6.45, 7) is 4.36. The average Bonchev–Trinajstić information content (AvgIpc) is 3.18. The number of piperidine rings is 4. The van der Waals surface area contributed by atoms with Gasteiger partial charge in [-0.05, 0) is 43.5 Å². The predicted molar refractivity (Wildman–Crippen MR) is 118 cm³/mol. The fourth-order valence-electron chi connectivity index (χ4n) is 8.45. The molecule has 8 unspecified atom stereocenters. The molecule has 32 heavy (non-hydrogen) atoms. The first-order chi connectivity index (χ1) is 15.4. The number of fused-ring (bicyclic) bond motifs is 2. The van der Waals surface area contributed by atoms with Crippen LogP contribution in [0.1, 0.15) is 32.3 Å². The van der Waals surface area contributed by atoms with E-state index in [1.807, 2.05) is 13.0 Å². The van der Waals surface area contributed by atoms with E-state index in [1.54, 1.807) is 7.11 Å². The summed E-state index contributed by atoms with van der Waals surface area (Å²) < 4.78 is 17.3. The number of nitrogens with zero attached hydrogens (tertiary/aromatic N) is 2. The third-order valence-corrected chi connectivity index (χ3v) is 9.27. The van der Waals surface area contributed by atoms with E-state index in [0.717, 1.165) is 36.4 Å². The van der Waals surface area contributed by atoms with Gasteiger partial charge in [0.2, 0.25) is 0 Å². The molecule has 0 aromatic heterocycles. The molecule has 5 aliphatic heterocycles. The first kappa shape index (κ1) is 20.1. The molecule has 4 saturated heterocycles. The van der Waals surface area contributed by atoms with Crippen molar-refractivity contribution in [3.63, 3.8) is 0 Å². The zero-order chi connectivity index (χ0) is 22.6. The molecule has 5 bridgehead atoms. The van der Waals surface area contributed by atoms with Gasteiger partial charge in [-0.15, -0.1) is 0 Å². The van der Waals surface area contributed by atoms with Gasteiger partial charge in [0.05, 0.1) is 25.7 Å². The van der Waals surface area contributed by atoms with Crippen LogP contribution in [0.4, 0.5) is 5.69 Å². The highest BCUT2D eigenvalue weighted by Crippen LogP contribution is 2.73. The normalized spacial score (nSPS) is 43.3. The number of allylic oxidation sites excluding steroid dienone is 1. The van der Waals surface area contributed by atoms with Gasteiger partial charge in [-0.3, -0.25) is 14.5 Å². The third-order valence-electron chi connectivity index (χ3n) is 9.27. The molecule has 7 heteroatoms. The molecule has 1 aromatic carbocycles. The van der Waals surface area contributed by atoms with Crippen LogP contribution in [0.2, 0.25) is 0 Å². The van der Waals surface area contributed by atoms with Gasteiger partial charge in [-0.2, -0.15) is 0 Å². The van der Waals surface area contributed by atoms with E-state index >= 15 is 0 Å². The Bertz CT molecular complexity index is 1070. The summed E-state index contributed by atoms with van der Waals surface area (Å²) in [5, 5.41) is 0. The highest BCUT2D eigenvalue weighted by molar-refractivity contribution is 5.85. The summed E-state index contributed by atoms with van der Waals surface area (Å²) in [6, 6.07) is 6.55. The second kappa shape index (κ2) is 6.28. The Labute approximate surface area is 188 Å². The third kappa shape index (κ3) is 1.94. The molecule has 1 saturated carbocycles. The van der Waals surface area contributed by atoms with E-state index in [4.69, 9.17) is 14.2 Å². The number of likely N-dealkylation sites (N-methyl/N-ethyl adjacent to an activating group) is 1. The van der Waals surface area contributed by atoms with Gasteiger partial charge < -0.3 is 19.1 Å². The number of ether oxygens (including phenoxy) is 3. The molecule has 170 valence electrons. The minimum absolute atomic E-state index is 0.0109. The molecule has 0 radical (unpaired) electrons. The van der Waals surface area contributed by atoms with E-state index in [9.17, 15) is 9.59 Å². The molecule has 7 rings (SSSR count). The van der Waals surface area contributed by atoms with Crippen LogP contribution >= 0.6 is 0 Å². The van der Waals surface area contributed by atoms with E-state index in [2.05, 4.69) is 35.1 Å². The lowest BCUT2D eigenvalue weighted by atomic mass is 9.58. The zero-order valence-electron chi connectivity index (χ0n) is 19.3. The molecule has 5 heterocycles. The predicted octanol–water partition coefficient (Wildman–Crippen LogP) is 2.28. The molecule has 1 aliphatic carbocycles. The van der Waals surface area contributed by atoms with Gasteiger partial charge in [0.1, 0.15) is 17.3 Å². The largest absolute Gasteiger partial charge is 0.497 e. The number of benzene rings is 1. The number of rotatable bonds is 3. The number of carbonyl (C=O) groups is 2. The lowest BCUT2D eigenvalue weighted by molar-refractivity contribution is -0.187. The molecule has 1 aromatic rings. The number of hydrogen-bond acceptors (Lipinski definition) is 7. The molecular formula is C25H30N2O5. The highest BCUT2D eigenvalue weighted by atomic mass is 16.6. The number of anilines is 1. The Morgan fingerprint density at radius 1 is 1.25 bits per heavy atom. The van der Waals surface area contributed by atoms with Crippen LogP contribution in [0, 0.1) is 11.3 Å². The Morgan fingerprint density at radius 2 is 2.03 bits per heavy atom. The fourth-order valence-corrected chi connectivity index (χ4v) is 8.45. The van der Waals surface area contributed by atoms with Gasteiger partial charge >= 0.3 is 11.9 Å². The number of methoxy groups -OCH3 is 2. The van der Waals surface area contributed by atoms with Crippen molar-refractivity contribution in [2.45, 2.75) is 56.3 Å². The minimum Gasteiger partial charge on any atom is -0.497 e. The summed E-state index contributed by atoms with van der Waals surface area (Å²) in [5.41, 5.74) is 2.12. The molecule has 0 amide bonds. The number of carbonyl (C=O) groups excluding carboxylic acids is 2. The van der Waals surface area contributed by atoms with Crippen molar-refractivity contribution in [3.05, 3.63) is 35.4 Å². The molecule has 8 atom stereocenters. The Hall–Kier alpha value is -2.54. The van der Waals surface area contributed by atoms with Crippen LogP contribution in [0.3, 0.4) is 0 Å². The molecule has 5 fully saturated rings. The van der Waals surface area contributed by atoms with Gasteiger partial charge in [-0.25, -0.2) is 0 Å². The van der Waals surface area contributed by atoms with Crippen molar-refractivity contribution in [2.24, 2.45) is 11.3 Å². The minimum atomic E-state index is -0.905. The van der Waals surface area contributed by atoms with Crippen molar-refractivity contribution in [3.8, 4) is 5.75 Å². The van der Waals surface area contributed by atoms with Crippen molar-refractivity contribution in [1.82, 2.24) is 4.90 Å². The van der Waals surface area contributed by atoms with Crippen molar-refractivity contribution < 1.29 is 23.8 Å². The SMILES string of the molecule is C/C=C1\CN2C3CC1C1(C(=O)OC)C2CC2(c4cc(OC)ccc4N(C)C32)C1OC(C)=O. The maximum atomic E-state index is 13.8. The quantitative estimate of drug-likeness (QED) is 0.530. The fraction of sp³-hybridized carbons (Fsp3) is 0.600. The number of hydrogen-bond donors (Lipinski definition) is 0. The standard InChI is InChI=1S/C25H30N2O5/c1-6-14-12-27-19-10-16(14)25(23(29)31-5)20(27)11-24(22(25)32-13(2)28)17-9-15(30-4)7-8-18(17)26(3)21(19)24/h6-9,16,19-22H,10-12H2,1-5H3/b14-6+. The second-order valence-corrected chi connectivity index (χ2v) is 10.0. The highest BCUT2D eigenvalue weighted by Gasteiger charge is 2.84. The molecule has 7 nitrogen and oxygen atoms in total. The lowest BCUT2D eigenvalue weighted by Crippen LogP contribution is -2.71. The zero-order valence-corrected chi connectivity index (χ0v) is 19.3. The summed E-state index contributed by atoms with van der Waals surface area (Å²) in [4.78, 5) is 31.2. The van der Waals surface area contributed by atoms with E-state index in [1.165, 1.54) is 19.6 Å². The monoisotopic (exact) mass is 438 g/mol. The van der Waals surface area contributed by atoms with Crippen LogP contribution in [0.15, 0.2) is 29.8 Å². The van der Waals surface area contributed by atoms with Crippen LogP contribution in [-0.2, 0) is 24.5 Å². The smallest absolute Gasteiger partial charge is 0.317 e. The van der Waals surface area contributed by atoms with E-state index < -0.39 is 16.9 Å². The first-order valence-electron chi connectivity index (χ1n) is 11.4. The maximum Gasteiger partial charge on any atom is 0.317 e. The van der Waals surface area contributed by atoms with Gasteiger partial charge in [-0.1, -0.05) is 11.6 Å². The first-order valence-corrected chi connectivity index (χ1v) is 11.4. The van der Waals surface area contributed by atoms with E-state index in [0.29, 0.717) is 0 Å². The molecule has 6 aliphatic rings. The average molecular weight is 439 g/mol. The van der Waals surface area contributed by atoms with Crippen molar-refractivity contribution in [2.75, 3.05) is 32.7 Å². The van der Waals surface area contributed by atoms with Gasteiger partial charge in [0, 0.05) is 44.2 Å². The van der Waals surface area contributed by atoms with Crippen molar-refractivity contribution >= 4 is 17.6 Å². The Kier molecular flexibility index (Phi) is 3.94. The van der Waals surface area contributed by atoms with Crippen LogP contribution in [0.5, 0.6) is 5.75 Å². The van der Waals surface area contributed by atoms with Gasteiger partial charge in [0.15, 0.2) is 0 Å². The lowest BCUT2D eigenvalue weighted by Gasteiger charge is -2.61. The summed E-state index contributed by atoms with van der Waals surface area (Å²) in [6.07, 6.45) is 3.18. The summed E-state index contributed by atoms with van der Waals surface area (Å²) in [7, 11) is 5.26.